The number of nitro groups is 1. The first-order chi connectivity index (χ1) is 7.70. The average Bonchev–Trinajstić information content (AvgIpc) is 2.67. The highest BCUT2D eigenvalue weighted by Gasteiger charge is 2.33. The third-order valence-corrected chi connectivity index (χ3v) is 2.76. The van der Waals surface area contributed by atoms with Gasteiger partial charge in [0, 0.05) is 6.54 Å². The van der Waals surface area contributed by atoms with Crippen LogP contribution in [0, 0.1) is 10.1 Å². The first kappa shape index (κ1) is 12.7. The second-order valence-electron chi connectivity index (χ2n) is 3.96. The maximum absolute atomic E-state index is 10.7. The van der Waals surface area contributed by atoms with Crippen LogP contribution in [0.15, 0.2) is 5.10 Å². The van der Waals surface area contributed by atoms with Gasteiger partial charge in [-0.3, -0.25) is 5.01 Å². The lowest BCUT2D eigenvalue weighted by Gasteiger charge is -2.23. The third-order valence-electron chi connectivity index (χ3n) is 2.76. The monoisotopic (exact) mass is 228 g/mol. The Hall–Kier alpha value is -1.33. The summed E-state index contributed by atoms with van der Waals surface area (Å²) in [4.78, 5) is 10.7. The van der Waals surface area contributed by atoms with E-state index >= 15 is 0 Å². The van der Waals surface area contributed by atoms with Gasteiger partial charge in [0.05, 0.1) is 0 Å². The van der Waals surface area contributed by atoms with Gasteiger partial charge in [-0.05, 0) is 12.8 Å². The summed E-state index contributed by atoms with van der Waals surface area (Å²) in [5.41, 5.74) is 0. The Morgan fingerprint density at radius 3 is 2.69 bits per heavy atom. The largest absolute Gasteiger partial charge is 0.267 e. The standard InChI is InChI=1S/C10H20N4O2/c1-3-5-6-7-8-12-10(4-2)13(9-11-12)14(15)16/h9-10H,3-8H2,1-2H3. The molecule has 16 heavy (non-hydrogen) atoms. The number of hydrogen-bond donors (Lipinski definition) is 0. The molecule has 6 nitrogen and oxygen atoms in total. The highest BCUT2D eigenvalue weighted by molar-refractivity contribution is 5.55. The minimum atomic E-state index is -0.399. The Bertz CT molecular complexity index is 257. The third kappa shape index (κ3) is 3.08. The fraction of sp³-hybridized carbons (Fsp3) is 0.900. The van der Waals surface area contributed by atoms with Crippen molar-refractivity contribution in [1.82, 2.24) is 10.0 Å². The molecule has 0 aromatic heterocycles. The van der Waals surface area contributed by atoms with Crippen molar-refractivity contribution in [3.63, 3.8) is 0 Å². The van der Waals surface area contributed by atoms with Gasteiger partial charge in [-0.15, -0.1) is 0 Å². The molecule has 0 bridgehead atoms. The molecule has 1 atom stereocenters. The molecule has 0 spiro atoms. The highest BCUT2D eigenvalue weighted by atomic mass is 16.7. The van der Waals surface area contributed by atoms with Crippen molar-refractivity contribution in [2.24, 2.45) is 5.10 Å². The van der Waals surface area contributed by atoms with Crippen LogP contribution in [0.4, 0.5) is 0 Å². The van der Waals surface area contributed by atoms with Crippen molar-refractivity contribution in [2.45, 2.75) is 52.1 Å². The normalized spacial score (nSPS) is 19.5. The van der Waals surface area contributed by atoms with Crippen molar-refractivity contribution in [2.75, 3.05) is 6.54 Å². The van der Waals surface area contributed by atoms with E-state index in [-0.39, 0.29) is 6.17 Å². The summed E-state index contributed by atoms with van der Waals surface area (Å²) in [6.07, 6.45) is 6.43. The second kappa shape index (κ2) is 6.30. The molecule has 0 aromatic carbocycles. The van der Waals surface area contributed by atoms with Gasteiger partial charge in [0.2, 0.25) is 0 Å². The SMILES string of the molecule is CCCCCCN1N=CN([N+](=O)[O-])C1CC. The van der Waals surface area contributed by atoms with Crippen LogP contribution in [0.25, 0.3) is 0 Å². The molecule has 0 radical (unpaired) electrons. The predicted molar refractivity (Wildman–Crippen MR) is 62.3 cm³/mol. The fourth-order valence-electron chi connectivity index (χ4n) is 1.87. The minimum Gasteiger partial charge on any atom is -0.267 e. The molecular weight excluding hydrogens is 208 g/mol. The number of hydrazine groups is 1. The lowest BCUT2D eigenvalue weighted by Crippen LogP contribution is -2.42. The lowest BCUT2D eigenvalue weighted by molar-refractivity contribution is -0.638. The van der Waals surface area contributed by atoms with Gasteiger partial charge in [-0.1, -0.05) is 38.1 Å². The van der Waals surface area contributed by atoms with E-state index in [1.807, 2.05) is 11.9 Å². The van der Waals surface area contributed by atoms with E-state index in [1.165, 1.54) is 19.2 Å². The molecular formula is C10H20N4O2. The molecule has 0 saturated heterocycles. The van der Waals surface area contributed by atoms with Crippen molar-refractivity contribution >= 4 is 6.34 Å². The summed E-state index contributed by atoms with van der Waals surface area (Å²) in [6.45, 7) is 4.91. The number of nitrogens with zero attached hydrogens (tertiary/aromatic N) is 4. The van der Waals surface area contributed by atoms with Crippen LogP contribution in [0.3, 0.4) is 0 Å². The molecule has 92 valence electrons. The highest BCUT2D eigenvalue weighted by Crippen LogP contribution is 2.16. The van der Waals surface area contributed by atoms with Crippen molar-refractivity contribution in [3.8, 4) is 0 Å². The van der Waals surface area contributed by atoms with Crippen molar-refractivity contribution in [3.05, 3.63) is 10.1 Å². The van der Waals surface area contributed by atoms with Gasteiger partial charge in [0.15, 0.2) is 17.5 Å². The van der Waals surface area contributed by atoms with E-state index < -0.39 is 5.03 Å². The lowest BCUT2D eigenvalue weighted by atomic mass is 10.2. The van der Waals surface area contributed by atoms with E-state index in [4.69, 9.17) is 0 Å². The molecule has 1 unspecified atom stereocenters. The first-order valence-corrected chi connectivity index (χ1v) is 5.94. The van der Waals surface area contributed by atoms with Crippen LogP contribution in [-0.2, 0) is 0 Å². The molecule has 0 aromatic rings. The maximum atomic E-state index is 10.7. The van der Waals surface area contributed by atoms with E-state index in [9.17, 15) is 10.1 Å². The van der Waals surface area contributed by atoms with Crippen molar-refractivity contribution < 1.29 is 5.03 Å². The summed E-state index contributed by atoms with van der Waals surface area (Å²) in [6, 6.07) is 0. The zero-order chi connectivity index (χ0) is 12.0. The van der Waals surface area contributed by atoms with E-state index in [0.29, 0.717) is 6.42 Å². The van der Waals surface area contributed by atoms with Crippen LogP contribution in [0.5, 0.6) is 0 Å². The molecule has 1 rings (SSSR count). The fourth-order valence-corrected chi connectivity index (χ4v) is 1.87. The molecule has 0 aliphatic carbocycles. The summed E-state index contributed by atoms with van der Waals surface area (Å²) >= 11 is 0. The Morgan fingerprint density at radius 2 is 2.12 bits per heavy atom. The number of hydrogen-bond acceptors (Lipinski definition) is 4. The summed E-state index contributed by atoms with van der Waals surface area (Å²) in [5.74, 6) is 0. The van der Waals surface area contributed by atoms with Gasteiger partial charge < -0.3 is 0 Å². The molecule has 0 N–H and O–H groups in total. The zero-order valence-electron chi connectivity index (χ0n) is 10.0. The Kier molecular flexibility index (Phi) is 5.01. The van der Waals surface area contributed by atoms with Gasteiger partial charge in [-0.2, -0.15) is 5.10 Å². The van der Waals surface area contributed by atoms with Crippen LogP contribution < -0.4 is 0 Å². The number of hydrazone groups is 1. The molecule has 6 heteroatoms. The first-order valence-electron chi connectivity index (χ1n) is 5.94. The molecule has 1 heterocycles. The van der Waals surface area contributed by atoms with Crippen LogP contribution in [0.1, 0.15) is 46.0 Å². The van der Waals surface area contributed by atoms with Gasteiger partial charge in [-0.25, -0.2) is 10.1 Å². The Labute approximate surface area is 96.0 Å². The van der Waals surface area contributed by atoms with Crippen LogP contribution >= 0.6 is 0 Å². The van der Waals surface area contributed by atoms with Crippen LogP contribution in [-0.4, -0.2) is 34.1 Å². The Morgan fingerprint density at radius 1 is 1.38 bits per heavy atom. The summed E-state index contributed by atoms with van der Waals surface area (Å²) in [5, 5.41) is 17.3. The molecule has 1 aliphatic rings. The smallest absolute Gasteiger partial charge is 0.182 e. The summed E-state index contributed by atoms with van der Waals surface area (Å²) < 4.78 is 0. The zero-order valence-corrected chi connectivity index (χ0v) is 10.0. The summed E-state index contributed by atoms with van der Waals surface area (Å²) in [7, 11) is 0. The van der Waals surface area contributed by atoms with Gasteiger partial charge >= 0.3 is 0 Å². The van der Waals surface area contributed by atoms with E-state index in [2.05, 4.69) is 12.0 Å². The van der Waals surface area contributed by atoms with Gasteiger partial charge in [0.25, 0.3) is 0 Å². The molecule has 0 fully saturated rings. The second-order valence-corrected chi connectivity index (χ2v) is 3.96. The van der Waals surface area contributed by atoms with E-state index in [1.54, 1.807) is 0 Å². The number of rotatable bonds is 7. The molecule has 0 saturated carbocycles. The minimum absolute atomic E-state index is 0.211. The maximum Gasteiger partial charge on any atom is 0.182 e. The predicted octanol–water partition coefficient (Wildman–Crippen LogP) is 2.06. The van der Waals surface area contributed by atoms with E-state index in [0.717, 1.165) is 24.4 Å². The Balaban J connectivity index is 2.37. The number of unbranched alkanes of at least 4 members (excludes halogenated alkanes) is 3. The van der Waals surface area contributed by atoms with Crippen molar-refractivity contribution in [1.29, 1.82) is 0 Å². The molecule has 0 amide bonds. The average molecular weight is 228 g/mol. The van der Waals surface area contributed by atoms with Crippen LogP contribution in [0.2, 0.25) is 0 Å². The quantitative estimate of drug-likeness (QED) is 0.380. The molecule has 1 aliphatic heterocycles. The topological polar surface area (TPSA) is 62.0 Å². The van der Waals surface area contributed by atoms with Gasteiger partial charge in [0.1, 0.15) is 0 Å².